The lowest BCUT2D eigenvalue weighted by molar-refractivity contribution is 1.02. The van der Waals surface area contributed by atoms with E-state index in [0.29, 0.717) is 0 Å². The van der Waals surface area contributed by atoms with Crippen molar-refractivity contribution in [3.63, 3.8) is 0 Å². The van der Waals surface area contributed by atoms with Crippen molar-refractivity contribution in [2.75, 3.05) is 5.32 Å². The van der Waals surface area contributed by atoms with Crippen molar-refractivity contribution in [2.45, 2.75) is 20.4 Å². The van der Waals surface area contributed by atoms with Crippen molar-refractivity contribution in [3.8, 4) is 21.8 Å². The summed E-state index contributed by atoms with van der Waals surface area (Å²) in [5.41, 5.74) is 5.80. The van der Waals surface area contributed by atoms with Crippen LogP contribution in [-0.2, 0) is 6.54 Å². The molecule has 4 aromatic rings. The van der Waals surface area contributed by atoms with E-state index in [9.17, 15) is 0 Å². The van der Waals surface area contributed by atoms with Gasteiger partial charge in [0.05, 0.1) is 5.69 Å². The van der Waals surface area contributed by atoms with Gasteiger partial charge in [0.1, 0.15) is 10.0 Å². The van der Waals surface area contributed by atoms with Crippen LogP contribution < -0.4 is 5.32 Å². The molecule has 2 heterocycles. The molecular weight excluding hydrogens is 360 g/mol. The third kappa shape index (κ3) is 3.81. The molecule has 0 radical (unpaired) electrons. The van der Waals surface area contributed by atoms with E-state index < -0.39 is 0 Å². The molecule has 0 aliphatic rings. The fraction of sp³-hybridized carbons (Fsp3) is 0.150. The van der Waals surface area contributed by atoms with E-state index in [-0.39, 0.29) is 0 Å². The average molecular weight is 379 g/mol. The third-order valence-corrected chi connectivity index (χ3v) is 5.71. The molecule has 0 saturated heterocycles. The maximum atomic E-state index is 4.79. The highest BCUT2D eigenvalue weighted by Gasteiger charge is 2.07. The molecule has 6 heteroatoms. The van der Waals surface area contributed by atoms with Gasteiger partial charge in [-0.2, -0.15) is 0 Å². The van der Waals surface area contributed by atoms with Crippen LogP contribution in [0.25, 0.3) is 21.8 Å². The van der Waals surface area contributed by atoms with E-state index in [2.05, 4.69) is 76.3 Å². The highest BCUT2D eigenvalue weighted by molar-refractivity contribution is 7.15. The zero-order chi connectivity index (χ0) is 17.9. The Morgan fingerprint density at radius 1 is 0.885 bits per heavy atom. The van der Waals surface area contributed by atoms with Crippen LogP contribution >= 0.6 is 22.7 Å². The Bertz CT molecular complexity index is 1000. The first-order valence-corrected chi connectivity index (χ1v) is 10.0. The van der Waals surface area contributed by atoms with E-state index in [0.717, 1.165) is 38.5 Å². The molecular formula is C20H18N4S2. The van der Waals surface area contributed by atoms with Crippen LogP contribution in [0.3, 0.4) is 0 Å². The summed E-state index contributed by atoms with van der Waals surface area (Å²) in [6, 6.07) is 17.0. The van der Waals surface area contributed by atoms with E-state index in [4.69, 9.17) is 4.98 Å². The number of hydrogen-bond donors (Lipinski definition) is 1. The Balaban J connectivity index is 1.46. The number of aromatic nitrogens is 3. The van der Waals surface area contributed by atoms with Crippen LogP contribution in [0.4, 0.5) is 5.13 Å². The van der Waals surface area contributed by atoms with Crippen molar-refractivity contribution < 1.29 is 0 Å². The first-order chi connectivity index (χ1) is 12.7. The number of nitrogens with zero attached hydrogens (tertiary/aromatic N) is 3. The molecule has 2 aromatic heterocycles. The Morgan fingerprint density at radius 3 is 2.31 bits per heavy atom. The van der Waals surface area contributed by atoms with Gasteiger partial charge in [-0.25, -0.2) is 4.98 Å². The third-order valence-electron chi connectivity index (χ3n) is 4.02. The lowest BCUT2D eigenvalue weighted by atomic mass is 10.1. The van der Waals surface area contributed by atoms with Gasteiger partial charge in [-0.3, -0.25) is 0 Å². The van der Waals surface area contributed by atoms with Gasteiger partial charge in [-0.15, -0.1) is 21.5 Å². The Kier molecular flexibility index (Phi) is 4.77. The zero-order valence-electron chi connectivity index (χ0n) is 14.6. The van der Waals surface area contributed by atoms with Gasteiger partial charge < -0.3 is 5.32 Å². The predicted molar refractivity (Wildman–Crippen MR) is 110 cm³/mol. The summed E-state index contributed by atoms with van der Waals surface area (Å²) in [7, 11) is 0. The van der Waals surface area contributed by atoms with Crippen LogP contribution in [0.1, 0.15) is 16.1 Å². The maximum absolute atomic E-state index is 4.79. The molecule has 0 atom stereocenters. The minimum Gasteiger partial charge on any atom is -0.356 e. The monoisotopic (exact) mass is 378 g/mol. The van der Waals surface area contributed by atoms with Gasteiger partial charge >= 0.3 is 0 Å². The van der Waals surface area contributed by atoms with Crippen LogP contribution in [0, 0.1) is 13.8 Å². The summed E-state index contributed by atoms with van der Waals surface area (Å²) in [6.45, 7) is 4.79. The number of aryl methyl sites for hydroxylation is 2. The van der Waals surface area contributed by atoms with Crippen molar-refractivity contribution in [2.24, 2.45) is 0 Å². The van der Waals surface area contributed by atoms with Crippen LogP contribution in [0.2, 0.25) is 0 Å². The number of rotatable bonds is 5. The van der Waals surface area contributed by atoms with Crippen molar-refractivity contribution in [1.82, 2.24) is 15.2 Å². The number of anilines is 1. The first-order valence-electron chi connectivity index (χ1n) is 8.33. The molecule has 0 spiro atoms. The maximum Gasteiger partial charge on any atom is 0.205 e. The summed E-state index contributed by atoms with van der Waals surface area (Å²) in [6.07, 6.45) is 0. The normalized spacial score (nSPS) is 10.8. The number of thiazole rings is 1. The first kappa shape index (κ1) is 16.9. The number of benzene rings is 2. The van der Waals surface area contributed by atoms with Gasteiger partial charge in [0.25, 0.3) is 0 Å². The molecule has 4 rings (SSSR count). The smallest absolute Gasteiger partial charge is 0.205 e. The lowest BCUT2D eigenvalue weighted by Crippen LogP contribution is -1.98. The second-order valence-corrected chi connectivity index (χ2v) is 8.12. The lowest BCUT2D eigenvalue weighted by Gasteiger charge is -2.03. The summed E-state index contributed by atoms with van der Waals surface area (Å²) in [5.74, 6) is 0. The molecule has 130 valence electrons. The Morgan fingerprint density at radius 2 is 1.62 bits per heavy atom. The largest absolute Gasteiger partial charge is 0.356 e. The Hall–Kier alpha value is -2.57. The van der Waals surface area contributed by atoms with Gasteiger partial charge in [0.2, 0.25) is 5.13 Å². The standard InChI is InChI=1S/C20H18N4S2/c1-13-3-7-16(8-4-13)18-12-25-19(22-18)17-9-5-15(6-10-17)11-21-20-24-23-14(2)26-20/h3-10,12H,11H2,1-2H3,(H,21,24). The van der Waals surface area contributed by atoms with Crippen molar-refractivity contribution in [1.29, 1.82) is 0 Å². The molecule has 26 heavy (non-hydrogen) atoms. The van der Waals surface area contributed by atoms with Gasteiger partial charge in [0, 0.05) is 23.1 Å². The quantitative estimate of drug-likeness (QED) is 0.494. The van der Waals surface area contributed by atoms with E-state index in [1.165, 1.54) is 11.1 Å². The molecule has 0 unspecified atom stereocenters. The molecule has 0 aliphatic heterocycles. The molecule has 0 bridgehead atoms. The van der Waals surface area contributed by atoms with E-state index in [1.54, 1.807) is 22.7 Å². The summed E-state index contributed by atoms with van der Waals surface area (Å²) >= 11 is 3.24. The highest BCUT2D eigenvalue weighted by Crippen LogP contribution is 2.29. The van der Waals surface area contributed by atoms with Crippen molar-refractivity contribution in [3.05, 3.63) is 70.0 Å². The van der Waals surface area contributed by atoms with Gasteiger partial charge in [-0.05, 0) is 19.4 Å². The average Bonchev–Trinajstić information content (AvgIpc) is 3.30. The summed E-state index contributed by atoms with van der Waals surface area (Å²) in [4.78, 5) is 4.79. The molecule has 0 aliphatic carbocycles. The van der Waals surface area contributed by atoms with Crippen LogP contribution in [0.15, 0.2) is 53.9 Å². The van der Waals surface area contributed by atoms with Crippen molar-refractivity contribution >= 4 is 27.8 Å². The van der Waals surface area contributed by atoms with E-state index in [1.807, 2.05) is 6.92 Å². The fourth-order valence-electron chi connectivity index (χ4n) is 2.57. The van der Waals surface area contributed by atoms with E-state index >= 15 is 0 Å². The van der Waals surface area contributed by atoms with Gasteiger partial charge in [0.15, 0.2) is 0 Å². The second kappa shape index (κ2) is 7.35. The Labute approximate surface area is 160 Å². The minimum atomic E-state index is 0.737. The zero-order valence-corrected chi connectivity index (χ0v) is 16.2. The predicted octanol–water partition coefficient (Wildman–Crippen LogP) is 5.56. The molecule has 4 nitrogen and oxygen atoms in total. The fourth-order valence-corrected chi connectivity index (χ4v) is 4.00. The van der Waals surface area contributed by atoms with Gasteiger partial charge in [-0.1, -0.05) is 65.4 Å². The highest BCUT2D eigenvalue weighted by atomic mass is 32.1. The molecule has 1 N–H and O–H groups in total. The summed E-state index contributed by atoms with van der Waals surface area (Å²) < 4.78 is 0. The SMILES string of the molecule is Cc1ccc(-c2csc(-c3ccc(CNc4nnc(C)s4)cc3)n2)cc1. The minimum absolute atomic E-state index is 0.737. The summed E-state index contributed by atoms with van der Waals surface area (Å²) in [5, 5.41) is 16.4. The molecule has 2 aromatic carbocycles. The molecule has 0 amide bonds. The topological polar surface area (TPSA) is 50.7 Å². The molecule has 0 saturated carbocycles. The van der Waals surface area contributed by atoms with Crippen LogP contribution in [0.5, 0.6) is 0 Å². The molecule has 0 fully saturated rings. The number of nitrogens with one attached hydrogen (secondary N) is 1. The second-order valence-electron chi connectivity index (χ2n) is 6.08. The van der Waals surface area contributed by atoms with Crippen LogP contribution in [-0.4, -0.2) is 15.2 Å². The number of hydrogen-bond acceptors (Lipinski definition) is 6.